The molecule has 1 aliphatic heterocycles. The average molecular weight is 229 g/mol. The molecule has 1 aromatic carbocycles. The first-order valence-electron chi connectivity index (χ1n) is 5.08. The van der Waals surface area contributed by atoms with Crippen molar-refractivity contribution in [3.8, 4) is 0 Å². The Morgan fingerprint density at radius 2 is 2.12 bits per heavy atom. The minimum Gasteiger partial charge on any atom is -0.376 e. The zero-order valence-electron chi connectivity index (χ0n) is 8.66. The standard InChI is InChI=1S/C11H13F2NO2/c12-7-1-2-8(9(13)5-7)11(14)10-6-15-3-4-16-10/h1-2,5,10-11H,3-4,6,14H2. The van der Waals surface area contributed by atoms with Crippen molar-refractivity contribution in [1.82, 2.24) is 0 Å². The van der Waals surface area contributed by atoms with E-state index in [0.717, 1.165) is 6.07 Å². The molecule has 0 spiro atoms. The highest BCUT2D eigenvalue weighted by atomic mass is 19.1. The molecule has 16 heavy (non-hydrogen) atoms. The van der Waals surface area contributed by atoms with Gasteiger partial charge in [0.25, 0.3) is 0 Å². The highest BCUT2D eigenvalue weighted by Gasteiger charge is 2.25. The summed E-state index contributed by atoms with van der Waals surface area (Å²) in [6.07, 6.45) is -0.381. The van der Waals surface area contributed by atoms with Crippen molar-refractivity contribution in [2.24, 2.45) is 5.73 Å². The number of hydrogen-bond donors (Lipinski definition) is 1. The molecule has 5 heteroatoms. The van der Waals surface area contributed by atoms with Crippen LogP contribution in [0.5, 0.6) is 0 Å². The normalized spacial score (nSPS) is 23.1. The predicted octanol–water partition coefficient (Wildman–Crippen LogP) is 1.38. The molecule has 2 atom stereocenters. The first-order valence-corrected chi connectivity index (χ1v) is 5.08. The fraction of sp³-hybridized carbons (Fsp3) is 0.455. The summed E-state index contributed by atoms with van der Waals surface area (Å²) in [6, 6.07) is 2.70. The highest BCUT2D eigenvalue weighted by Crippen LogP contribution is 2.22. The Bertz CT molecular complexity index is 367. The number of rotatable bonds is 2. The van der Waals surface area contributed by atoms with Gasteiger partial charge < -0.3 is 15.2 Å². The van der Waals surface area contributed by atoms with Crippen LogP contribution in [0.15, 0.2) is 18.2 Å². The van der Waals surface area contributed by atoms with Crippen LogP contribution in [0.1, 0.15) is 11.6 Å². The van der Waals surface area contributed by atoms with Crippen LogP contribution in [-0.2, 0) is 9.47 Å². The lowest BCUT2D eigenvalue weighted by atomic mass is 10.0. The van der Waals surface area contributed by atoms with Gasteiger partial charge in [0.2, 0.25) is 0 Å². The van der Waals surface area contributed by atoms with E-state index >= 15 is 0 Å². The van der Waals surface area contributed by atoms with Crippen molar-refractivity contribution in [2.75, 3.05) is 19.8 Å². The van der Waals surface area contributed by atoms with Gasteiger partial charge in [0.1, 0.15) is 17.7 Å². The Morgan fingerprint density at radius 3 is 2.75 bits per heavy atom. The van der Waals surface area contributed by atoms with Crippen molar-refractivity contribution in [1.29, 1.82) is 0 Å². The average Bonchev–Trinajstić information content (AvgIpc) is 2.29. The number of hydrogen-bond acceptors (Lipinski definition) is 3. The summed E-state index contributed by atoms with van der Waals surface area (Å²) in [4.78, 5) is 0. The van der Waals surface area contributed by atoms with Gasteiger partial charge >= 0.3 is 0 Å². The van der Waals surface area contributed by atoms with Crippen LogP contribution in [0, 0.1) is 11.6 Å². The van der Waals surface area contributed by atoms with Crippen LogP contribution in [0.2, 0.25) is 0 Å². The summed E-state index contributed by atoms with van der Waals surface area (Å²) < 4.78 is 36.7. The molecule has 88 valence electrons. The van der Waals surface area contributed by atoms with E-state index in [1.165, 1.54) is 12.1 Å². The molecule has 0 radical (unpaired) electrons. The fourth-order valence-corrected chi connectivity index (χ4v) is 1.69. The maximum absolute atomic E-state index is 13.4. The van der Waals surface area contributed by atoms with E-state index in [0.29, 0.717) is 19.8 Å². The lowest BCUT2D eigenvalue weighted by molar-refractivity contribution is -0.0978. The molecule has 0 amide bonds. The second-order valence-electron chi connectivity index (χ2n) is 3.68. The third-order valence-electron chi connectivity index (χ3n) is 2.56. The third-order valence-corrected chi connectivity index (χ3v) is 2.56. The molecule has 1 aromatic rings. The van der Waals surface area contributed by atoms with E-state index in [1.54, 1.807) is 0 Å². The van der Waals surface area contributed by atoms with Crippen molar-refractivity contribution >= 4 is 0 Å². The van der Waals surface area contributed by atoms with Crippen LogP contribution in [-0.4, -0.2) is 25.9 Å². The molecule has 1 heterocycles. The molecule has 0 aliphatic carbocycles. The van der Waals surface area contributed by atoms with Gasteiger partial charge in [-0.05, 0) is 6.07 Å². The summed E-state index contributed by atoms with van der Waals surface area (Å²) in [5, 5.41) is 0. The molecular weight excluding hydrogens is 216 g/mol. The van der Waals surface area contributed by atoms with Gasteiger partial charge in [0, 0.05) is 11.6 Å². The van der Waals surface area contributed by atoms with Crippen LogP contribution in [0.25, 0.3) is 0 Å². The van der Waals surface area contributed by atoms with Gasteiger partial charge in [-0.15, -0.1) is 0 Å². The number of halogens is 2. The minimum atomic E-state index is -0.651. The Morgan fingerprint density at radius 1 is 1.31 bits per heavy atom. The van der Waals surface area contributed by atoms with Gasteiger partial charge in [-0.1, -0.05) is 6.07 Å². The van der Waals surface area contributed by atoms with E-state index < -0.39 is 17.7 Å². The first-order chi connectivity index (χ1) is 7.68. The summed E-state index contributed by atoms with van der Waals surface area (Å²) in [5.74, 6) is -1.27. The molecule has 1 saturated heterocycles. The van der Waals surface area contributed by atoms with E-state index in [1.807, 2.05) is 0 Å². The second kappa shape index (κ2) is 4.86. The number of benzene rings is 1. The second-order valence-corrected chi connectivity index (χ2v) is 3.68. The summed E-state index contributed by atoms with van der Waals surface area (Å²) in [6.45, 7) is 1.30. The lowest BCUT2D eigenvalue weighted by Crippen LogP contribution is -2.38. The number of ether oxygens (including phenoxy) is 2. The predicted molar refractivity (Wildman–Crippen MR) is 53.8 cm³/mol. The van der Waals surface area contributed by atoms with E-state index in [-0.39, 0.29) is 11.7 Å². The molecular formula is C11H13F2NO2. The molecule has 2 N–H and O–H groups in total. The largest absolute Gasteiger partial charge is 0.376 e. The molecule has 0 bridgehead atoms. The molecule has 1 fully saturated rings. The van der Waals surface area contributed by atoms with Crippen molar-refractivity contribution in [2.45, 2.75) is 12.1 Å². The van der Waals surface area contributed by atoms with E-state index in [4.69, 9.17) is 15.2 Å². The number of nitrogens with two attached hydrogens (primary N) is 1. The molecule has 1 aliphatic rings. The Hall–Kier alpha value is -1.04. The van der Waals surface area contributed by atoms with Crippen molar-refractivity contribution in [3.63, 3.8) is 0 Å². The van der Waals surface area contributed by atoms with Crippen molar-refractivity contribution in [3.05, 3.63) is 35.4 Å². The maximum atomic E-state index is 13.4. The first kappa shape index (κ1) is 11.4. The molecule has 0 saturated carbocycles. The van der Waals surface area contributed by atoms with Crippen LogP contribution < -0.4 is 5.73 Å². The SMILES string of the molecule is NC(c1ccc(F)cc1F)C1COCCO1. The van der Waals surface area contributed by atoms with E-state index in [2.05, 4.69) is 0 Å². The Kier molecular flexibility index (Phi) is 3.48. The monoisotopic (exact) mass is 229 g/mol. The Labute approximate surface area is 92.1 Å². The van der Waals surface area contributed by atoms with Crippen molar-refractivity contribution < 1.29 is 18.3 Å². The summed E-state index contributed by atoms with van der Waals surface area (Å²) in [5.41, 5.74) is 6.10. The van der Waals surface area contributed by atoms with Gasteiger partial charge in [-0.2, -0.15) is 0 Å². The van der Waals surface area contributed by atoms with Crippen LogP contribution in [0.4, 0.5) is 8.78 Å². The lowest BCUT2D eigenvalue weighted by Gasteiger charge is -2.28. The van der Waals surface area contributed by atoms with Crippen LogP contribution in [0.3, 0.4) is 0 Å². The van der Waals surface area contributed by atoms with Gasteiger partial charge in [0.05, 0.1) is 25.9 Å². The fourth-order valence-electron chi connectivity index (χ4n) is 1.69. The maximum Gasteiger partial charge on any atom is 0.130 e. The van der Waals surface area contributed by atoms with Crippen LogP contribution >= 0.6 is 0 Å². The molecule has 3 nitrogen and oxygen atoms in total. The highest BCUT2D eigenvalue weighted by molar-refractivity contribution is 5.23. The zero-order chi connectivity index (χ0) is 11.5. The molecule has 2 rings (SSSR count). The third kappa shape index (κ3) is 2.37. The summed E-state index contributed by atoms with van der Waals surface area (Å²) >= 11 is 0. The topological polar surface area (TPSA) is 44.5 Å². The van der Waals surface area contributed by atoms with Gasteiger partial charge in [-0.25, -0.2) is 8.78 Å². The zero-order valence-corrected chi connectivity index (χ0v) is 8.66. The van der Waals surface area contributed by atoms with Gasteiger partial charge in [0.15, 0.2) is 0 Å². The van der Waals surface area contributed by atoms with E-state index in [9.17, 15) is 8.78 Å². The van der Waals surface area contributed by atoms with Gasteiger partial charge in [-0.3, -0.25) is 0 Å². The molecule has 0 aromatic heterocycles. The quantitative estimate of drug-likeness (QED) is 0.833. The smallest absolute Gasteiger partial charge is 0.130 e. The molecule has 2 unspecified atom stereocenters. The summed E-state index contributed by atoms with van der Waals surface area (Å²) in [7, 11) is 0. The Balaban J connectivity index is 2.15. The minimum absolute atomic E-state index is 0.247.